The number of anilines is 1. The van der Waals surface area contributed by atoms with Gasteiger partial charge in [-0.15, -0.1) is 15.0 Å². The van der Waals surface area contributed by atoms with Crippen molar-refractivity contribution in [2.75, 3.05) is 18.5 Å². The van der Waals surface area contributed by atoms with Crippen LogP contribution in [0.2, 0.25) is 0 Å². The van der Waals surface area contributed by atoms with Gasteiger partial charge in [0.25, 0.3) is 5.91 Å². The molecular weight excluding hydrogens is 486 g/mol. The molecule has 0 unspecified atom stereocenters. The van der Waals surface area contributed by atoms with E-state index >= 15 is 0 Å². The summed E-state index contributed by atoms with van der Waals surface area (Å²) in [6.45, 7) is 5.70. The predicted molar refractivity (Wildman–Crippen MR) is 139 cm³/mol. The average molecular weight is 514 g/mol. The highest BCUT2D eigenvalue weighted by molar-refractivity contribution is 6.02. The van der Waals surface area contributed by atoms with Crippen molar-refractivity contribution in [3.8, 4) is 22.9 Å². The summed E-state index contributed by atoms with van der Waals surface area (Å²) in [5.41, 5.74) is 2.69. The maximum atomic E-state index is 12.7. The third kappa shape index (κ3) is 5.86. The van der Waals surface area contributed by atoms with Gasteiger partial charge >= 0.3 is 0 Å². The van der Waals surface area contributed by atoms with Crippen molar-refractivity contribution < 1.29 is 14.3 Å². The molecule has 12 nitrogen and oxygen atoms in total. The van der Waals surface area contributed by atoms with Crippen molar-refractivity contribution in [3.05, 3.63) is 84.4 Å². The van der Waals surface area contributed by atoms with E-state index in [0.29, 0.717) is 42.8 Å². The van der Waals surface area contributed by atoms with E-state index in [-0.39, 0.29) is 18.3 Å². The fraction of sp³-hybridized carbons (Fsp3) is 0.231. The Kier molecular flexibility index (Phi) is 7.39. The first kappa shape index (κ1) is 24.7. The van der Waals surface area contributed by atoms with Gasteiger partial charge in [-0.2, -0.15) is 10.2 Å². The van der Waals surface area contributed by atoms with Crippen LogP contribution in [0.3, 0.4) is 0 Å². The molecule has 38 heavy (non-hydrogen) atoms. The van der Waals surface area contributed by atoms with Gasteiger partial charge in [0.2, 0.25) is 5.82 Å². The first-order chi connectivity index (χ1) is 18.6. The SMILES string of the molecule is CCOc1ccc(Cn2cc(NC(=O)c3ccn(Cn4nnc(-c5ccccc5)n4)n3)cn2)cc1OCC. The van der Waals surface area contributed by atoms with E-state index in [4.69, 9.17) is 9.47 Å². The summed E-state index contributed by atoms with van der Waals surface area (Å²) < 4.78 is 14.6. The predicted octanol–water partition coefficient (Wildman–Crippen LogP) is 3.34. The van der Waals surface area contributed by atoms with Gasteiger partial charge in [0, 0.05) is 18.0 Å². The van der Waals surface area contributed by atoms with E-state index < -0.39 is 0 Å². The molecule has 0 radical (unpaired) electrons. The summed E-state index contributed by atoms with van der Waals surface area (Å²) in [4.78, 5) is 14.2. The van der Waals surface area contributed by atoms with E-state index in [1.165, 1.54) is 4.80 Å². The number of nitrogens with one attached hydrogen (secondary N) is 1. The van der Waals surface area contributed by atoms with E-state index in [1.54, 1.807) is 34.0 Å². The molecule has 5 rings (SSSR count). The molecule has 0 fully saturated rings. The Morgan fingerprint density at radius 3 is 2.58 bits per heavy atom. The Morgan fingerprint density at radius 2 is 1.76 bits per heavy atom. The van der Waals surface area contributed by atoms with Gasteiger partial charge < -0.3 is 14.8 Å². The van der Waals surface area contributed by atoms with E-state index in [2.05, 4.69) is 30.9 Å². The number of benzene rings is 2. The van der Waals surface area contributed by atoms with Crippen LogP contribution in [0.15, 0.2) is 73.2 Å². The minimum absolute atomic E-state index is 0.219. The van der Waals surface area contributed by atoms with E-state index in [9.17, 15) is 4.79 Å². The Balaban J connectivity index is 1.19. The van der Waals surface area contributed by atoms with Crippen molar-refractivity contribution in [2.24, 2.45) is 0 Å². The molecule has 12 heteroatoms. The maximum Gasteiger partial charge on any atom is 0.276 e. The normalized spacial score (nSPS) is 10.9. The Labute approximate surface area is 218 Å². The van der Waals surface area contributed by atoms with Crippen LogP contribution in [0.1, 0.15) is 29.9 Å². The van der Waals surface area contributed by atoms with Gasteiger partial charge in [0.1, 0.15) is 0 Å². The van der Waals surface area contributed by atoms with Crippen LogP contribution in [0.4, 0.5) is 5.69 Å². The lowest BCUT2D eigenvalue weighted by atomic mass is 10.2. The van der Waals surface area contributed by atoms with Crippen LogP contribution in [0, 0.1) is 0 Å². The van der Waals surface area contributed by atoms with Crippen LogP contribution in [0.5, 0.6) is 11.5 Å². The fourth-order valence-corrected chi connectivity index (χ4v) is 3.79. The van der Waals surface area contributed by atoms with E-state index in [1.807, 2.05) is 62.4 Å². The smallest absolute Gasteiger partial charge is 0.276 e. The van der Waals surface area contributed by atoms with E-state index in [0.717, 1.165) is 11.1 Å². The molecule has 2 aromatic carbocycles. The summed E-state index contributed by atoms with van der Waals surface area (Å²) in [5.74, 6) is 1.58. The van der Waals surface area contributed by atoms with Gasteiger partial charge in [-0.3, -0.25) is 9.48 Å². The van der Waals surface area contributed by atoms with Gasteiger partial charge in [-0.25, -0.2) is 4.68 Å². The van der Waals surface area contributed by atoms with Crippen molar-refractivity contribution in [3.63, 3.8) is 0 Å². The number of tetrazole rings is 1. The molecule has 3 heterocycles. The monoisotopic (exact) mass is 513 g/mol. The fourth-order valence-electron chi connectivity index (χ4n) is 3.79. The molecule has 194 valence electrons. The molecule has 0 saturated heterocycles. The molecule has 0 aliphatic heterocycles. The summed E-state index contributed by atoms with van der Waals surface area (Å²) in [5, 5.41) is 24.0. The van der Waals surface area contributed by atoms with Crippen LogP contribution < -0.4 is 14.8 Å². The number of aromatic nitrogens is 8. The number of carbonyl (C=O) groups excluding carboxylic acids is 1. The van der Waals surface area contributed by atoms with Crippen LogP contribution in [-0.4, -0.2) is 58.9 Å². The second kappa shape index (κ2) is 11.4. The second-order valence-corrected chi connectivity index (χ2v) is 8.26. The largest absolute Gasteiger partial charge is 0.490 e. The molecule has 1 amide bonds. The first-order valence-corrected chi connectivity index (χ1v) is 12.2. The van der Waals surface area contributed by atoms with Crippen molar-refractivity contribution in [1.82, 2.24) is 39.8 Å². The van der Waals surface area contributed by atoms with Crippen LogP contribution in [-0.2, 0) is 13.2 Å². The number of hydrogen-bond acceptors (Lipinski definition) is 8. The van der Waals surface area contributed by atoms with Crippen LogP contribution >= 0.6 is 0 Å². The third-order valence-electron chi connectivity index (χ3n) is 5.47. The summed E-state index contributed by atoms with van der Waals surface area (Å²) in [6, 6.07) is 17.0. The molecule has 0 aliphatic carbocycles. The quantitative estimate of drug-likeness (QED) is 0.285. The zero-order chi connectivity index (χ0) is 26.3. The number of ether oxygens (including phenoxy) is 2. The summed E-state index contributed by atoms with van der Waals surface area (Å²) >= 11 is 0. The molecule has 0 saturated carbocycles. The van der Waals surface area contributed by atoms with Gasteiger partial charge in [-0.1, -0.05) is 36.4 Å². The molecule has 5 aromatic rings. The topological polar surface area (TPSA) is 127 Å². The number of hydrogen-bond donors (Lipinski definition) is 1. The Bertz CT molecular complexity index is 1510. The van der Waals surface area contributed by atoms with Gasteiger partial charge in [-0.05, 0) is 42.8 Å². The summed E-state index contributed by atoms with van der Waals surface area (Å²) in [7, 11) is 0. The van der Waals surface area contributed by atoms with Crippen molar-refractivity contribution >= 4 is 11.6 Å². The molecular formula is C26H27N9O3. The molecule has 0 atom stereocenters. The zero-order valence-corrected chi connectivity index (χ0v) is 21.1. The number of carbonyl (C=O) groups is 1. The molecule has 0 spiro atoms. The standard InChI is InChI=1S/C26H27N9O3/c1-3-37-23-11-10-19(14-24(23)38-4-2)16-34-17-21(15-27-34)28-26(36)22-12-13-33(30-22)18-35-31-25(29-32-35)20-8-6-5-7-9-20/h5-15,17H,3-4,16,18H2,1-2H3,(H,28,36). The Morgan fingerprint density at radius 1 is 0.947 bits per heavy atom. The zero-order valence-electron chi connectivity index (χ0n) is 21.1. The molecule has 3 aromatic heterocycles. The van der Waals surface area contributed by atoms with Gasteiger partial charge in [0.15, 0.2) is 23.9 Å². The summed E-state index contributed by atoms with van der Waals surface area (Å²) in [6.07, 6.45) is 5.04. The van der Waals surface area contributed by atoms with Gasteiger partial charge in [0.05, 0.1) is 31.6 Å². The van der Waals surface area contributed by atoms with Crippen molar-refractivity contribution in [1.29, 1.82) is 0 Å². The van der Waals surface area contributed by atoms with Crippen molar-refractivity contribution in [2.45, 2.75) is 27.1 Å². The number of amides is 1. The molecule has 0 aliphatic rings. The first-order valence-electron chi connectivity index (χ1n) is 12.2. The van der Waals surface area contributed by atoms with Crippen LogP contribution in [0.25, 0.3) is 11.4 Å². The highest BCUT2D eigenvalue weighted by atomic mass is 16.5. The Hall–Kier alpha value is -5.00. The highest BCUT2D eigenvalue weighted by Gasteiger charge is 2.13. The lowest BCUT2D eigenvalue weighted by Crippen LogP contribution is -2.15. The average Bonchev–Trinajstić information content (AvgIpc) is 3.69. The molecule has 1 N–H and O–H groups in total. The highest BCUT2D eigenvalue weighted by Crippen LogP contribution is 2.29. The molecule has 0 bridgehead atoms. The third-order valence-corrected chi connectivity index (χ3v) is 5.47. The number of rotatable bonds is 11. The minimum Gasteiger partial charge on any atom is -0.490 e. The number of nitrogens with zero attached hydrogens (tertiary/aromatic N) is 8. The minimum atomic E-state index is -0.348. The second-order valence-electron chi connectivity index (χ2n) is 8.26. The lowest BCUT2D eigenvalue weighted by molar-refractivity contribution is 0.102. The maximum absolute atomic E-state index is 12.7. The lowest BCUT2D eigenvalue weighted by Gasteiger charge is -2.12.